The lowest BCUT2D eigenvalue weighted by Gasteiger charge is -2.37. The Bertz CT molecular complexity index is 1300. The predicted octanol–water partition coefficient (Wildman–Crippen LogP) is 1.46. The Kier molecular flexibility index (Phi) is 4.87. The Labute approximate surface area is 194 Å². The zero-order chi connectivity index (χ0) is 23.4. The van der Waals surface area contributed by atoms with E-state index in [0.717, 1.165) is 42.6 Å². The maximum atomic E-state index is 13.3. The van der Waals surface area contributed by atoms with Crippen LogP contribution in [0.25, 0.3) is 11.0 Å². The van der Waals surface area contributed by atoms with Crippen LogP contribution >= 0.6 is 0 Å². The standard InChI is InChI=1S/C23H23N5O6/c1-13-20-19-21(29)27(17(12-28(19)24-13)32-22(30)23(31)33-20)11-10-26-8-6-14(7-9-26)18-15-4-2-3-5-16(15)34-25-18/h2-5,14,17H,6-12H2,1H3. The monoisotopic (exact) mass is 465 g/mol. The van der Waals surface area contributed by atoms with Gasteiger partial charge in [-0.3, -0.25) is 14.4 Å². The van der Waals surface area contributed by atoms with Crippen LogP contribution in [0, 0.1) is 6.92 Å². The molecular formula is C23H23N5O6. The van der Waals surface area contributed by atoms with Crippen molar-refractivity contribution in [2.45, 2.75) is 38.5 Å². The van der Waals surface area contributed by atoms with Crippen molar-refractivity contribution in [2.75, 3.05) is 26.2 Å². The number of benzene rings is 1. The van der Waals surface area contributed by atoms with Crippen molar-refractivity contribution in [1.82, 2.24) is 24.7 Å². The van der Waals surface area contributed by atoms with Crippen LogP contribution < -0.4 is 4.74 Å². The topological polar surface area (TPSA) is 120 Å². The van der Waals surface area contributed by atoms with Crippen molar-refractivity contribution in [3.63, 3.8) is 0 Å². The highest BCUT2D eigenvalue weighted by molar-refractivity contribution is 6.30. The second kappa shape index (κ2) is 7.94. The van der Waals surface area contributed by atoms with Gasteiger partial charge in [-0.05, 0) is 45.0 Å². The van der Waals surface area contributed by atoms with Gasteiger partial charge in [0, 0.05) is 24.4 Å². The molecule has 0 N–H and O–H groups in total. The predicted molar refractivity (Wildman–Crippen MR) is 116 cm³/mol. The molecule has 176 valence electrons. The van der Waals surface area contributed by atoms with E-state index >= 15 is 0 Å². The summed E-state index contributed by atoms with van der Waals surface area (Å²) in [7, 11) is 0. The number of esters is 2. The van der Waals surface area contributed by atoms with E-state index < -0.39 is 18.2 Å². The van der Waals surface area contributed by atoms with Gasteiger partial charge in [0.25, 0.3) is 5.91 Å². The molecule has 0 radical (unpaired) electrons. The average Bonchev–Trinajstić information content (AvgIpc) is 3.41. The molecule has 3 aromatic rings. The largest absolute Gasteiger partial charge is 0.431 e. The molecule has 1 fully saturated rings. The number of piperidine rings is 1. The summed E-state index contributed by atoms with van der Waals surface area (Å²) in [5.74, 6) is -2.27. The zero-order valence-electron chi connectivity index (χ0n) is 18.6. The molecule has 1 atom stereocenters. The lowest BCUT2D eigenvalue weighted by atomic mass is 9.91. The molecule has 11 heteroatoms. The third-order valence-electron chi connectivity index (χ3n) is 6.85. The van der Waals surface area contributed by atoms with Crippen molar-refractivity contribution in [3.05, 3.63) is 41.3 Å². The van der Waals surface area contributed by atoms with Crippen LogP contribution in [0.1, 0.15) is 40.6 Å². The first kappa shape index (κ1) is 20.8. The summed E-state index contributed by atoms with van der Waals surface area (Å²) in [5, 5.41) is 9.66. The number of rotatable bonds is 4. The van der Waals surface area contributed by atoms with Crippen molar-refractivity contribution in [1.29, 1.82) is 0 Å². The van der Waals surface area contributed by atoms with Crippen LogP contribution in [0.15, 0.2) is 28.8 Å². The molecule has 34 heavy (non-hydrogen) atoms. The fraction of sp³-hybridized carbons (Fsp3) is 0.435. The van der Waals surface area contributed by atoms with Gasteiger partial charge >= 0.3 is 11.9 Å². The minimum atomic E-state index is -1.15. The molecule has 2 aromatic heterocycles. The maximum absolute atomic E-state index is 13.3. The molecular weight excluding hydrogens is 442 g/mol. The van der Waals surface area contributed by atoms with Crippen molar-refractivity contribution in [3.8, 4) is 5.75 Å². The molecule has 11 nitrogen and oxygen atoms in total. The second-order valence-corrected chi connectivity index (χ2v) is 8.87. The summed E-state index contributed by atoms with van der Waals surface area (Å²) in [4.78, 5) is 41.2. The van der Waals surface area contributed by atoms with Crippen molar-refractivity contribution < 1.29 is 28.4 Å². The summed E-state index contributed by atoms with van der Waals surface area (Å²) < 4.78 is 17.4. The van der Waals surface area contributed by atoms with Gasteiger partial charge in [-0.2, -0.15) is 5.10 Å². The van der Waals surface area contributed by atoms with Gasteiger partial charge < -0.3 is 18.9 Å². The molecule has 6 heterocycles. The number of hydrogen-bond donors (Lipinski definition) is 0. The van der Waals surface area contributed by atoms with E-state index in [4.69, 9.17) is 14.0 Å². The summed E-state index contributed by atoms with van der Waals surface area (Å²) in [6, 6.07) is 7.89. The lowest BCUT2D eigenvalue weighted by Crippen LogP contribution is -2.52. The van der Waals surface area contributed by atoms with Gasteiger partial charge in [-0.15, -0.1) is 0 Å². The fourth-order valence-corrected chi connectivity index (χ4v) is 5.07. The van der Waals surface area contributed by atoms with Gasteiger partial charge in [-0.1, -0.05) is 17.3 Å². The third kappa shape index (κ3) is 3.35. The van der Waals surface area contributed by atoms with E-state index in [1.807, 2.05) is 24.3 Å². The number of likely N-dealkylation sites (tertiary alicyclic amines) is 1. The normalized spacial score (nSPS) is 21.4. The number of hydrogen-bond acceptors (Lipinski definition) is 9. The van der Waals surface area contributed by atoms with E-state index in [-0.39, 0.29) is 23.9 Å². The Morgan fingerprint density at radius 2 is 1.85 bits per heavy atom. The number of ether oxygens (including phenoxy) is 2. The highest BCUT2D eigenvalue weighted by Crippen LogP contribution is 2.33. The molecule has 4 bridgehead atoms. The number of aryl methyl sites for hydroxylation is 1. The Hall–Kier alpha value is -3.73. The summed E-state index contributed by atoms with van der Waals surface area (Å²) in [5.41, 5.74) is 2.37. The molecule has 4 aliphatic heterocycles. The van der Waals surface area contributed by atoms with Crippen LogP contribution in [0.5, 0.6) is 5.75 Å². The maximum Gasteiger partial charge on any atom is 0.423 e. The highest BCUT2D eigenvalue weighted by atomic mass is 16.6. The number of amides is 1. The minimum absolute atomic E-state index is 0.0259. The van der Waals surface area contributed by atoms with E-state index in [1.54, 1.807) is 6.92 Å². The quantitative estimate of drug-likeness (QED) is 0.416. The third-order valence-corrected chi connectivity index (χ3v) is 6.85. The van der Waals surface area contributed by atoms with E-state index in [2.05, 4.69) is 15.2 Å². The van der Waals surface area contributed by atoms with Crippen LogP contribution in [-0.2, 0) is 20.9 Å². The molecule has 1 saturated heterocycles. The molecule has 4 aliphatic rings. The number of nitrogens with zero attached hydrogens (tertiary/aromatic N) is 5. The molecule has 0 saturated carbocycles. The lowest BCUT2D eigenvalue weighted by molar-refractivity contribution is -0.171. The highest BCUT2D eigenvalue weighted by Gasteiger charge is 2.43. The molecule has 7 rings (SSSR count). The van der Waals surface area contributed by atoms with E-state index in [1.165, 1.54) is 9.58 Å². The fourth-order valence-electron chi connectivity index (χ4n) is 5.07. The van der Waals surface area contributed by atoms with Gasteiger partial charge in [0.1, 0.15) is 5.69 Å². The smallest absolute Gasteiger partial charge is 0.423 e. The number of carbonyl (C=O) groups excluding carboxylic acids is 3. The zero-order valence-corrected chi connectivity index (χ0v) is 18.6. The van der Waals surface area contributed by atoms with Crippen molar-refractivity contribution in [2.24, 2.45) is 0 Å². The van der Waals surface area contributed by atoms with E-state index in [9.17, 15) is 14.4 Å². The van der Waals surface area contributed by atoms with Crippen LogP contribution in [0.2, 0.25) is 0 Å². The number of carbonyl (C=O) groups is 3. The minimum Gasteiger partial charge on any atom is -0.431 e. The average molecular weight is 465 g/mol. The molecule has 0 aliphatic carbocycles. The van der Waals surface area contributed by atoms with Crippen LogP contribution in [0.3, 0.4) is 0 Å². The van der Waals surface area contributed by atoms with Gasteiger partial charge in [-0.25, -0.2) is 9.59 Å². The number of fused-ring (bicyclic) bond motifs is 5. The molecule has 1 unspecified atom stereocenters. The summed E-state index contributed by atoms with van der Waals surface area (Å²) in [6.45, 7) is 4.46. The molecule has 0 spiro atoms. The first-order valence-corrected chi connectivity index (χ1v) is 11.4. The van der Waals surface area contributed by atoms with Gasteiger partial charge in [0.05, 0.1) is 12.2 Å². The Morgan fingerprint density at radius 1 is 1.06 bits per heavy atom. The first-order chi connectivity index (χ1) is 16.5. The van der Waals surface area contributed by atoms with E-state index in [0.29, 0.717) is 24.7 Å². The second-order valence-electron chi connectivity index (χ2n) is 8.87. The summed E-state index contributed by atoms with van der Waals surface area (Å²) >= 11 is 0. The summed E-state index contributed by atoms with van der Waals surface area (Å²) in [6.07, 6.45) is 0.951. The Balaban J connectivity index is 1.14. The van der Waals surface area contributed by atoms with Crippen LogP contribution in [-0.4, -0.2) is 75.0 Å². The van der Waals surface area contributed by atoms with Crippen LogP contribution in [0.4, 0.5) is 0 Å². The number of aromatic nitrogens is 3. The SMILES string of the molecule is Cc1nn2c3c1OC(=O)C(=O)OC(C2)N(CCN1CCC(c2noc4ccccc24)CC1)C3=O. The molecule has 1 amide bonds. The number of para-hydroxylation sites is 1. The van der Waals surface area contributed by atoms with Gasteiger partial charge in [0.2, 0.25) is 0 Å². The molecule has 1 aromatic carbocycles. The Morgan fingerprint density at radius 3 is 2.68 bits per heavy atom. The first-order valence-electron chi connectivity index (χ1n) is 11.4. The van der Waals surface area contributed by atoms with Crippen molar-refractivity contribution >= 4 is 28.8 Å². The van der Waals surface area contributed by atoms with Gasteiger partial charge in [0.15, 0.2) is 23.3 Å².